The molecule has 0 saturated carbocycles. The van der Waals surface area contributed by atoms with Crippen LogP contribution in [0.3, 0.4) is 0 Å². The lowest BCUT2D eigenvalue weighted by molar-refractivity contribution is -0.127. The van der Waals surface area contributed by atoms with E-state index in [4.69, 9.17) is 28.7 Å². The average Bonchev–Trinajstić information content (AvgIpc) is 3.29. The predicted octanol–water partition coefficient (Wildman–Crippen LogP) is 3.15. The molecule has 218 valence electrons. The van der Waals surface area contributed by atoms with Crippen LogP contribution in [0.25, 0.3) is 6.08 Å². The first-order valence-electron chi connectivity index (χ1n) is 13.1. The Hall–Kier alpha value is -4.25. The molecule has 0 spiro atoms. The molecule has 0 radical (unpaired) electrons. The fourth-order valence-corrected chi connectivity index (χ4v) is 6.01. The van der Waals surface area contributed by atoms with Gasteiger partial charge in [0.25, 0.3) is 11.5 Å². The molecule has 1 amide bonds. The van der Waals surface area contributed by atoms with Crippen LogP contribution in [0.15, 0.2) is 51.4 Å². The molecule has 0 bridgehead atoms. The fourth-order valence-electron chi connectivity index (χ4n) is 4.96. The van der Waals surface area contributed by atoms with E-state index in [0.717, 1.165) is 0 Å². The largest absolute Gasteiger partial charge is 0.497 e. The third kappa shape index (κ3) is 5.41. The molecule has 0 saturated heterocycles. The summed E-state index contributed by atoms with van der Waals surface area (Å²) in [4.78, 5) is 35.0. The Bertz CT molecular complexity index is 1640. The van der Waals surface area contributed by atoms with E-state index in [2.05, 4.69) is 0 Å². The number of hydrogen-bond acceptors (Lipinski definition) is 9. The molecule has 1 aromatic heterocycles. The molecular formula is C30H35N3O7S. The SMILES string of the molecule is CCN(CC)C(=O)C1=C(C)N=c2s/c(=C/c3cc(OC)c(OC)c(OC)c3)c(=O)n2[C@@H]1c1cc(OC)ccc1OC. The van der Waals surface area contributed by atoms with Gasteiger partial charge in [0.15, 0.2) is 16.3 Å². The van der Waals surface area contributed by atoms with Gasteiger partial charge in [-0.25, -0.2) is 4.99 Å². The van der Waals surface area contributed by atoms with Crippen LogP contribution in [-0.2, 0) is 4.79 Å². The Morgan fingerprint density at radius 2 is 1.59 bits per heavy atom. The molecule has 2 heterocycles. The highest BCUT2D eigenvalue weighted by Crippen LogP contribution is 2.39. The van der Waals surface area contributed by atoms with E-state index < -0.39 is 6.04 Å². The lowest BCUT2D eigenvalue weighted by Crippen LogP contribution is -2.43. The Labute approximate surface area is 242 Å². The molecule has 10 nitrogen and oxygen atoms in total. The second-order valence-electron chi connectivity index (χ2n) is 9.13. The van der Waals surface area contributed by atoms with Gasteiger partial charge in [0.1, 0.15) is 17.5 Å². The van der Waals surface area contributed by atoms with Crippen molar-refractivity contribution in [3.8, 4) is 28.7 Å². The smallest absolute Gasteiger partial charge is 0.271 e. The number of benzene rings is 2. The molecule has 0 unspecified atom stereocenters. The zero-order valence-corrected chi connectivity index (χ0v) is 25.4. The van der Waals surface area contributed by atoms with Gasteiger partial charge in [-0.05, 0) is 62.7 Å². The minimum absolute atomic E-state index is 0.190. The summed E-state index contributed by atoms with van der Waals surface area (Å²) in [5, 5.41) is 0. The molecule has 3 aromatic rings. The van der Waals surface area contributed by atoms with Crippen LogP contribution >= 0.6 is 11.3 Å². The zero-order valence-electron chi connectivity index (χ0n) is 24.6. The van der Waals surface area contributed by atoms with Gasteiger partial charge in [0, 0.05) is 18.7 Å². The van der Waals surface area contributed by atoms with Crippen LogP contribution < -0.4 is 38.6 Å². The highest BCUT2D eigenvalue weighted by molar-refractivity contribution is 7.07. The van der Waals surface area contributed by atoms with Gasteiger partial charge in [-0.3, -0.25) is 14.2 Å². The fraction of sp³-hybridized carbons (Fsp3) is 0.367. The number of rotatable bonds is 10. The van der Waals surface area contributed by atoms with Crippen molar-refractivity contribution >= 4 is 23.3 Å². The van der Waals surface area contributed by atoms with E-state index in [9.17, 15) is 9.59 Å². The summed E-state index contributed by atoms with van der Waals surface area (Å²) in [5.41, 5.74) is 1.95. The van der Waals surface area contributed by atoms with Gasteiger partial charge in [0.2, 0.25) is 5.75 Å². The summed E-state index contributed by atoms with van der Waals surface area (Å²) < 4.78 is 29.6. The van der Waals surface area contributed by atoms with Crippen LogP contribution in [0.2, 0.25) is 0 Å². The van der Waals surface area contributed by atoms with Gasteiger partial charge in [-0.2, -0.15) is 0 Å². The van der Waals surface area contributed by atoms with Crippen molar-refractivity contribution in [2.24, 2.45) is 4.99 Å². The predicted molar refractivity (Wildman–Crippen MR) is 157 cm³/mol. The van der Waals surface area contributed by atoms with Crippen LogP contribution in [0.5, 0.6) is 28.7 Å². The summed E-state index contributed by atoms with van der Waals surface area (Å²) in [7, 11) is 7.73. The monoisotopic (exact) mass is 581 g/mol. The molecule has 1 aliphatic rings. The summed E-state index contributed by atoms with van der Waals surface area (Å²) in [6, 6.07) is 8.10. The van der Waals surface area contributed by atoms with Gasteiger partial charge >= 0.3 is 0 Å². The number of thiazole rings is 1. The lowest BCUT2D eigenvalue weighted by atomic mass is 9.93. The molecule has 41 heavy (non-hydrogen) atoms. The van der Waals surface area contributed by atoms with Gasteiger partial charge in [-0.15, -0.1) is 0 Å². The molecule has 0 aliphatic carbocycles. The van der Waals surface area contributed by atoms with Crippen molar-refractivity contribution < 1.29 is 28.5 Å². The standard InChI is InChI=1S/C30H35N3O7S/c1-9-32(10-2)29(35)25-17(3)31-30-33(26(25)20-16-19(36-4)11-12-21(20)37-5)28(34)24(41-30)15-18-13-22(38-6)27(40-8)23(14-18)39-7/h11-16,26H,9-10H2,1-8H3/b24-15+/t26-/m1/s1. The van der Waals surface area contributed by atoms with Crippen LogP contribution in [-0.4, -0.2) is 64.0 Å². The molecule has 1 atom stereocenters. The Balaban J connectivity index is 2.02. The molecule has 0 fully saturated rings. The topological polar surface area (TPSA) is 101 Å². The number of ether oxygens (including phenoxy) is 5. The number of methoxy groups -OCH3 is 5. The number of likely N-dealkylation sites (N-methyl/N-ethyl adjacent to an activating group) is 1. The number of carbonyl (C=O) groups is 1. The van der Waals surface area contributed by atoms with Crippen molar-refractivity contribution in [3.05, 3.63) is 72.4 Å². The highest BCUT2D eigenvalue weighted by Gasteiger charge is 2.36. The first-order chi connectivity index (χ1) is 19.8. The third-order valence-corrected chi connectivity index (χ3v) is 8.00. The number of fused-ring (bicyclic) bond motifs is 1. The normalized spacial score (nSPS) is 14.7. The first kappa shape index (κ1) is 29.7. The third-order valence-electron chi connectivity index (χ3n) is 7.02. The number of amides is 1. The highest BCUT2D eigenvalue weighted by atomic mass is 32.1. The van der Waals surface area contributed by atoms with Crippen molar-refractivity contribution in [1.82, 2.24) is 9.47 Å². The van der Waals surface area contributed by atoms with Crippen molar-refractivity contribution in [1.29, 1.82) is 0 Å². The van der Waals surface area contributed by atoms with Crippen LogP contribution in [0.1, 0.15) is 37.9 Å². The van der Waals surface area contributed by atoms with E-state index in [-0.39, 0.29) is 11.5 Å². The van der Waals surface area contributed by atoms with Crippen molar-refractivity contribution in [3.63, 3.8) is 0 Å². The van der Waals surface area contributed by atoms with Gasteiger partial charge < -0.3 is 28.6 Å². The molecular weight excluding hydrogens is 546 g/mol. The van der Waals surface area contributed by atoms with E-state index in [1.165, 1.54) is 32.7 Å². The molecule has 4 rings (SSSR count). The molecule has 1 aliphatic heterocycles. The second-order valence-corrected chi connectivity index (χ2v) is 10.1. The minimum atomic E-state index is -0.786. The maximum atomic E-state index is 14.1. The number of carbonyl (C=O) groups excluding carboxylic acids is 1. The number of allylic oxidation sites excluding steroid dienone is 1. The van der Waals surface area contributed by atoms with Gasteiger partial charge in [-0.1, -0.05) is 11.3 Å². The maximum absolute atomic E-state index is 14.1. The van der Waals surface area contributed by atoms with E-state index in [1.807, 2.05) is 13.8 Å². The first-order valence-corrected chi connectivity index (χ1v) is 13.9. The number of nitrogens with zero attached hydrogens (tertiary/aromatic N) is 3. The number of hydrogen-bond donors (Lipinski definition) is 0. The Morgan fingerprint density at radius 3 is 2.12 bits per heavy atom. The molecule has 2 aromatic carbocycles. The van der Waals surface area contributed by atoms with Crippen LogP contribution in [0.4, 0.5) is 0 Å². The summed E-state index contributed by atoms with van der Waals surface area (Å²) in [6.07, 6.45) is 1.75. The number of aromatic nitrogens is 1. The van der Waals surface area contributed by atoms with Gasteiger partial charge in [0.05, 0.1) is 51.4 Å². The van der Waals surface area contributed by atoms with Crippen LogP contribution in [0, 0.1) is 0 Å². The van der Waals surface area contributed by atoms with Crippen molar-refractivity contribution in [2.75, 3.05) is 48.6 Å². The maximum Gasteiger partial charge on any atom is 0.271 e. The summed E-state index contributed by atoms with van der Waals surface area (Å²) in [5.74, 6) is 2.29. The van der Waals surface area contributed by atoms with E-state index in [1.54, 1.807) is 67.0 Å². The Morgan fingerprint density at radius 1 is 0.951 bits per heavy atom. The minimum Gasteiger partial charge on any atom is -0.497 e. The molecule has 11 heteroatoms. The summed E-state index contributed by atoms with van der Waals surface area (Å²) in [6.45, 7) is 6.67. The quantitative estimate of drug-likeness (QED) is 0.363. The average molecular weight is 582 g/mol. The lowest BCUT2D eigenvalue weighted by Gasteiger charge is -2.30. The van der Waals surface area contributed by atoms with Crippen molar-refractivity contribution in [2.45, 2.75) is 26.8 Å². The van der Waals surface area contributed by atoms with E-state index >= 15 is 0 Å². The Kier molecular flexibility index (Phi) is 9.07. The zero-order chi connectivity index (χ0) is 29.8. The van der Waals surface area contributed by atoms with E-state index in [0.29, 0.717) is 73.6 Å². The second kappa shape index (κ2) is 12.5. The molecule has 0 N–H and O–H groups in total. The summed E-state index contributed by atoms with van der Waals surface area (Å²) >= 11 is 1.24.